The van der Waals surface area contributed by atoms with Crippen LogP contribution in [0.5, 0.6) is 0 Å². The molecule has 1 fully saturated rings. The van der Waals surface area contributed by atoms with Crippen LogP contribution in [0, 0.1) is 0 Å². The highest BCUT2D eigenvalue weighted by atomic mass is 79.9. The maximum atomic E-state index is 6.01. The van der Waals surface area contributed by atoms with Gasteiger partial charge in [0.25, 0.3) is 0 Å². The molecule has 0 bridgehead atoms. The number of nitrogens with zero attached hydrogens (tertiary/aromatic N) is 2. The molecule has 21 heavy (non-hydrogen) atoms. The number of pyridine rings is 1. The van der Waals surface area contributed by atoms with E-state index >= 15 is 0 Å². The summed E-state index contributed by atoms with van der Waals surface area (Å²) in [5.74, 6) is 0. The lowest BCUT2D eigenvalue weighted by molar-refractivity contribution is 0.176. The minimum absolute atomic E-state index is 0.407. The van der Waals surface area contributed by atoms with Crippen molar-refractivity contribution in [2.75, 3.05) is 7.05 Å². The molecule has 0 amide bonds. The molecule has 3 nitrogen and oxygen atoms in total. The molecular formula is C17H22BrN3. The van der Waals surface area contributed by atoms with E-state index in [2.05, 4.69) is 51.1 Å². The van der Waals surface area contributed by atoms with Crippen LogP contribution in [0.15, 0.2) is 34.9 Å². The molecule has 2 N–H and O–H groups in total. The van der Waals surface area contributed by atoms with E-state index in [1.807, 2.05) is 12.3 Å². The molecule has 112 valence electrons. The molecule has 0 spiro atoms. The SMILES string of the molecule is CN(Cc1ccc(Br)c2cccnc12)C1CCC(N)CC1. The van der Waals surface area contributed by atoms with Crippen molar-refractivity contribution in [1.82, 2.24) is 9.88 Å². The summed E-state index contributed by atoms with van der Waals surface area (Å²) in [5, 5.41) is 1.19. The Balaban J connectivity index is 1.80. The normalized spacial score (nSPS) is 22.9. The van der Waals surface area contributed by atoms with Crippen molar-refractivity contribution < 1.29 is 0 Å². The van der Waals surface area contributed by atoms with Crippen LogP contribution in [-0.2, 0) is 6.54 Å². The van der Waals surface area contributed by atoms with Gasteiger partial charge < -0.3 is 5.73 Å². The average molecular weight is 348 g/mol. The molecule has 1 aliphatic rings. The molecule has 3 rings (SSSR count). The zero-order valence-corrected chi connectivity index (χ0v) is 14.0. The topological polar surface area (TPSA) is 42.2 Å². The number of hydrogen-bond acceptors (Lipinski definition) is 3. The fourth-order valence-corrected chi connectivity index (χ4v) is 3.72. The Labute approximate surface area is 134 Å². The first kappa shape index (κ1) is 14.9. The largest absolute Gasteiger partial charge is 0.328 e. The number of nitrogens with two attached hydrogens (primary N) is 1. The van der Waals surface area contributed by atoms with E-state index in [0.29, 0.717) is 12.1 Å². The van der Waals surface area contributed by atoms with E-state index in [1.165, 1.54) is 23.8 Å². The quantitative estimate of drug-likeness (QED) is 0.920. The fraction of sp³-hybridized carbons (Fsp3) is 0.471. The van der Waals surface area contributed by atoms with Crippen LogP contribution >= 0.6 is 15.9 Å². The van der Waals surface area contributed by atoms with Crippen molar-refractivity contribution >= 4 is 26.8 Å². The predicted octanol–water partition coefficient (Wildman–Crippen LogP) is 3.70. The van der Waals surface area contributed by atoms with Crippen molar-refractivity contribution in [1.29, 1.82) is 0 Å². The molecule has 0 atom stereocenters. The predicted molar refractivity (Wildman–Crippen MR) is 91.1 cm³/mol. The van der Waals surface area contributed by atoms with Gasteiger partial charge in [-0.1, -0.05) is 28.1 Å². The highest BCUT2D eigenvalue weighted by Crippen LogP contribution is 2.28. The molecule has 4 heteroatoms. The molecule has 0 unspecified atom stereocenters. The smallest absolute Gasteiger partial charge is 0.0758 e. The number of fused-ring (bicyclic) bond motifs is 1. The Hall–Kier alpha value is -0.970. The standard InChI is InChI=1S/C17H22BrN3/c1-21(14-7-5-13(19)6-8-14)11-12-4-9-16(18)15-3-2-10-20-17(12)15/h2-4,9-10,13-14H,5-8,11,19H2,1H3. The monoisotopic (exact) mass is 347 g/mol. The minimum atomic E-state index is 0.407. The third-order valence-electron chi connectivity index (χ3n) is 4.58. The van der Waals surface area contributed by atoms with Crippen LogP contribution in [0.25, 0.3) is 10.9 Å². The third kappa shape index (κ3) is 3.28. The van der Waals surface area contributed by atoms with E-state index in [4.69, 9.17) is 5.73 Å². The molecule has 0 radical (unpaired) electrons. The molecule has 2 aromatic rings. The van der Waals surface area contributed by atoms with Gasteiger partial charge >= 0.3 is 0 Å². The number of halogens is 1. The first-order valence-electron chi connectivity index (χ1n) is 7.63. The molecule has 1 heterocycles. The van der Waals surface area contributed by atoms with Crippen molar-refractivity contribution in [3.8, 4) is 0 Å². The summed E-state index contributed by atoms with van der Waals surface area (Å²) in [4.78, 5) is 7.04. The van der Waals surface area contributed by atoms with E-state index in [9.17, 15) is 0 Å². The summed E-state index contributed by atoms with van der Waals surface area (Å²) in [7, 11) is 2.22. The van der Waals surface area contributed by atoms with Crippen LogP contribution < -0.4 is 5.73 Å². The van der Waals surface area contributed by atoms with Gasteiger partial charge in [0.05, 0.1) is 5.52 Å². The second kappa shape index (κ2) is 6.42. The third-order valence-corrected chi connectivity index (χ3v) is 5.28. The van der Waals surface area contributed by atoms with Crippen LogP contribution in [0.2, 0.25) is 0 Å². The molecule has 1 aromatic heterocycles. The van der Waals surface area contributed by atoms with E-state index in [0.717, 1.165) is 29.4 Å². The Morgan fingerprint density at radius 1 is 1.24 bits per heavy atom. The van der Waals surface area contributed by atoms with Gasteiger partial charge in [0.2, 0.25) is 0 Å². The summed E-state index contributed by atoms with van der Waals surface area (Å²) in [5.41, 5.74) is 8.41. The van der Waals surface area contributed by atoms with Crippen LogP contribution in [0.4, 0.5) is 0 Å². The number of aromatic nitrogens is 1. The Kier molecular flexibility index (Phi) is 4.57. The zero-order chi connectivity index (χ0) is 14.8. The van der Waals surface area contributed by atoms with Crippen molar-refractivity contribution in [3.63, 3.8) is 0 Å². The van der Waals surface area contributed by atoms with Gasteiger partial charge in [0.1, 0.15) is 0 Å². The van der Waals surface area contributed by atoms with Gasteiger partial charge in [0, 0.05) is 34.7 Å². The lowest BCUT2D eigenvalue weighted by Gasteiger charge is -2.33. The van der Waals surface area contributed by atoms with Gasteiger partial charge in [-0.15, -0.1) is 0 Å². The first-order chi connectivity index (χ1) is 10.1. The Morgan fingerprint density at radius 2 is 2.00 bits per heavy atom. The van der Waals surface area contributed by atoms with Gasteiger partial charge in [-0.05, 0) is 50.4 Å². The van der Waals surface area contributed by atoms with Crippen molar-refractivity contribution in [2.24, 2.45) is 5.73 Å². The summed E-state index contributed by atoms with van der Waals surface area (Å²) in [6.45, 7) is 0.945. The first-order valence-corrected chi connectivity index (χ1v) is 8.42. The Morgan fingerprint density at radius 3 is 2.76 bits per heavy atom. The molecule has 0 saturated heterocycles. The minimum Gasteiger partial charge on any atom is -0.328 e. The number of rotatable bonds is 3. The van der Waals surface area contributed by atoms with Crippen LogP contribution in [0.1, 0.15) is 31.2 Å². The van der Waals surface area contributed by atoms with Gasteiger partial charge in [-0.2, -0.15) is 0 Å². The lowest BCUT2D eigenvalue weighted by Crippen LogP contribution is -2.38. The summed E-state index contributed by atoms with van der Waals surface area (Å²) in [6, 6.07) is 9.48. The molecular weight excluding hydrogens is 326 g/mol. The average Bonchev–Trinajstić information content (AvgIpc) is 2.51. The van der Waals surface area contributed by atoms with Crippen LogP contribution in [0.3, 0.4) is 0 Å². The highest BCUT2D eigenvalue weighted by Gasteiger charge is 2.22. The highest BCUT2D eigenvalue weighted by molar-refractivity contribution is 9.10. The fourth-order valence-electron chi connectivity index (χ4n) is 3.26. The van der Waals surface area contributed by atoms with Crippen LogP contribution in [-0.4, -0.2) is 29.0 Å². The van der Waals surface area contributed by atoms with E-state index in [1.54, 1.807) is 0 Å². The summed E-state index contributed by atoms with van der Waals surface area (Å²) < 4.78 is 1.11. The van der Waals surface area contributed by atoms with Crippen molar-refractivity contribution in [2.45, 2.75) is 44.3 Å². The molecule has 0 aliphatic heterocycles. The second-order valence-electron chi connectivity index (χ2n) is 6.09. The lowest BCUT2D eigenvalue weighted by atomic mass is 9.91. The summed E-state index contributed by atoms with van der Waals surface area (Å²) in [6.07, 6.45) is 6.58. The maximum Gasteiger partial charge on any atom is 0.0758 e. The molecule has 1 saturated carbocycles. The Bertz CT molecular complexity index is 620. The van der Waals surface area contributed by atoms with Gasteiger partial charge in [-0.3, -0.25) is 9.88 Å². The number of benzene rings is 1. The van der Waals surface area contributed by atoms with E-state index in [-0.39, 0.29) is 0 Å². The van der Waals surface area contributed by atoms with E-state index < -0.39 is 0 Å². The number of hydrogen-bond donors (Lipinski definition) is 1. The molecule has 1 aliphatic carbocycles. The summed E-state index contributed by atoms with van der Waals surface area (Å²) >= 11 is 3.61. The van der Waals surface area contributed by atoms with Gasteiger partial charge in [0.15, 0.2) is 0 Å². The molecule has 1 aromatic carbocycles. The second-order valence-corrected chi connectivity index (χ2v) is 6.94. The maximum absolute atomic E-state index is 6.01. The zero-order valence-electron chi connectivity index (χ0n) is 12.4. The van der Waals surface area contributed by atoms with Crippen molar-refractivity contribution in [3.05, 3.63) is 40.5 Å². The van der Waals surface area contributed by atoms with Gasteiger partial charge in [-0.25, -0.2) is 0 Å².